The fourth-order valence-corrected chi connectivity index (χ4v) is 2.23. The van der Waals surface area contributed by atoms with Gasteiger partial charge in [0, 0.05) is 24.1 Å². The molecule has 1 aromatic heterocycles. The highest BCUT2D eigenvalue weighted by Gasteiger charge is 2.11. The van der Waals surface area contributed by atoms with Crippen molar-refractivity contribution in [1.29, 1.82) is 0 Å². The first kappa shape index (κ1) is 17.5. The fourth-order valence-electron chi connectivity index (χ4n) is 2.23. The molecule has 0 spiro atoms. The first-order chi connectivity index (χ1) is 12.6. The predicted molar refractivity (Wildman–Crippen MR) is 88.7 cm³/mol. The van der Waals surface area contributed by atoms with Crippen molar-refractivity contribution in [1.82, 2.24) is 15.5 Å². The average Bonchev–Trinajstić information content (AvgIpc) is 3.13. The van der Waals surface area contributed by atoms with Gasteiger partial charge in [0.15, 0.2) is 11.6 Å². The van der Waals surface area contributed by atoms with Crippen molar-refractivity contribution in [2.45, 2.75) is 6.42 Å². The Bertz CT molecular complexity index is 910. The van der Waals surface area contributed by atoms with Crippen LogP contribution in [-0.4, -0.2) is 29.8 Å². The van der Waals surface area contributed by atoms with E-state index in [1.54, 1.807) is 31.4 Å². The number of rotatable bonds is 6. The van der Waals surface area contributed by atoms with Crippen molar-refractivity contribution in [3.8, 4) is 17.2 Å². The first-order valence-corrected chi connectivity index (χ1v) is 7.77. The molecule has 26 heavy (non-hydrogen) atoms. The number of amides is 1. The van der Waals surface area contributed by atoms with Gasteiger partial charge in [0.1, 0.15) is 5.75 Å². The summed E-state index contributed by atoms with van der Waals surface area (Å²) in [5.74, 6) is -1.17. The zero-order valence-corrected chi connectivity index (χ0v) is 13.8. The van der Waals surface area contributed by atoms with E-state index < -0.39 is 17.5 Å². The molecule has 1 heterocycles. The number of nitrogens with one attached hydrogen (secondary N) is 1. The number of nitrogens with zero attached hydrogens (tertiary/aromatic N) is 2. The van der Waals surface area contributed by atoms with Crippen LogP contribution in [0.3, 0.4) is 0 Å². The summed E-state index contributed by atoms with van der Waals surface area (Å²) < 4.78 is 36.6. The van der Waals surface area contributed by atoms with Gasteiger partial charge in [0.05, 0.1) is 7.11 Å². The molecule has 1 amide bonds. The third-order valence-electron chi connectivity index (χ3n) is 3.61. The summed E-state index contributed by atoms with van der Waals surface area (Å²) in [5.41, 5.74) is 0.781. The van der Waals surface area contributed by atoms with Gasteiger partial charge in [-0.15, -0.1) is 10.2 Å². The van der Waals surface area contributed by atoms with Crippen LogP contribution < -0.4 is 10.1 Å². The zero-order chi connectivity index (χ0) is 18.5. The number of benzene rings is 2. The minimum Gasteiger partial charge on any atom is -0.497 e. The molecule has 0 atom stereocenters. The monoisotopic (exact) mass is 359 g/mol. The van der Waals surface area contributed by atoms with Crippen LogP contribution in [-0.2, 0) is 6.42 Å². The molecule has 3 aromatic rings. The molecule has 0 fully saturated rings. The van der Waals surface area contributed by atoms with Gasteiger partial charge >= 0.3 is 0 Å². The van der Waals surface area contributed by atoms with E-state index >= 15 is 0 Å². The number of halogens is 2. The van der Waals surface area contributed by atoms with E-state index in [1.165, 1.54) is 6.07 Å². The van der Waals surface area contributed by atoms with Crippen molar-refractivity contribution in [3.63, 3.8) is 0 Å². The second-order valence-electron chi connectivity index (χ2n) is 5.36. The highest BCUT2D eigenvalue weighted by molar-refractivity contribution is 5.94. The van der Waals surface area contributed by atoms with Crippen molar-refractivity contribution < 1.29 is 22.7 Å². The Kier molecular flexibility index (Phi) is 5.21. The Morgan fingerprint density at radius 2 is 1.88 bits per heavy atom. The van der Waals surface area contributed by atoms with Gasteiger partial charge in [0.2, 0.25) is 11.8 Å². The van der Waals surface area contributed by atoms with Gasteiger partial charge in [0.25, 0.3) is 5.91 Å². The quantitative estimate of drug-likeness (QED) is 0.732. The highest BCUT2D eigenvalue weighted by atomic mass is 19.2. The lowest BCUT2D eigenvalue weighted by atomic mass is 10.2. The van der Waals surface area contributed by atoms with Crippen LogP contribution in [0.25, 0.3) is 11.5 Å². The fraction of sp³-hybridized carbons (Fsp3) is 0.167. The van der Waals surface area contributed by atoms with Crippen molar-refractivity contribution in [3.05, 3.63) is 65.6 Å². The van der Waals surface area contributed by atoms with Crippen LogP contribution in [0, 0.1) is 11.6 Å². The molecule has 134 valence electrons. The predicted octanol–water partition coefficient (Wildman–Crippen LogP) is 3.00. The molecule has 0 aliphatic carbocycles. The number of ether oxygens (including phenoxy) is 1. The van der Waals surface area contributed by atoms with E-state index in [4.69, 9.17) is 9.15 Å². The average molecular weight is 359 g/mol. The number of carbonyl (C=O) groups excluding carboxylic acids is 1. The van der Waals surface area contributed by atoms with Crippen molar-refractivity contribution in [2.24, 2.45) is 0 Å². The summed E-state index contributed by atoms with van der Waals surface area (Å²) in [6, 6.07) is 10.1. The maximum absolute atomic E-state index is 13.1. The normalized spacial score (nSPS) is 10.6. The Labute approximate surface area is 147 Å². The van der Waals surface area contributed by atoms with Crippen LogP contribution in [0.1, 0.15) is 16.2 Å². The molecule has 0 saturated heterocycles. The summed E-state index contributed by atoms with van der Waals surface area (Å²) in [4.78, 5) is 11.9. The molecule has 1 N–H and O–H groups in total. The largest absolute Gasteiger partial charge is 0.497 e. The zero-order valence-electron chi connectivity index (χ0n) is 13.8. The second-order valence-corrected chi connectivity index (χ2v) is 5.36. The molecule has 0 unspecified atom stereocenters. The lowest BCUT2D eigenvalue weighted by Crippen LogP contribution is -2.25. The van der Waals surface area contributed by atoms with Crippen LogP contribution in [0.15, 0.2) is 46.9 Å². The molecule has 6 nitrogen and oxygen atoms in total. The molecule has 0 radical (unpaired) electrons. The molecule has 0 bridgehead atoms. The molecule has 0 saturated carbocycles. The van der Waals surface area contributed by atoms with E-state index in [-0.39, 0.29) is 12.1 Å². The van der Waals surface area contributed by atoms with Gasteiger partial charge in [-0.25, -0.2) is 8.78 Å². The second kappa shape index (κ2) is 7.73. The highest BCUT2D eigenvalue weighted by Crippen LogP contribution is 2.21. The molecular weight excluding hydrogens is 344 g/mol. The van der Waals surface area contributed by atoms with E-state index in [0.717, 1.165) is 17.7 Å². The van der Waals surface area contributed by atoms with Crippen LogP contribution >= 0.6 is 0 Å². The summed E-state index contributed by atoms with van der Waals surface area (Å²) in [7, 11) is 1.58. The van der Waals surface area contributed by atoms with Crippen molar-refractivity contribution >= 4 is 5.91 Å². The van der Waals surface area contributed by atoms with Gasteiger partial charge in [-0.05, 0) is 42.5 Å². The van der Waals surface area contributed by atoms with Gasteiger partial charge in [-0.2, -0.15) is 0 Å². The molecular formula is C18H15F2N3O3. The Morgan fingerprint density at radius 1 is 1.12 bits per heavy atom. The van der Waals surface area contributed by atoms with Gasteiger partial charge in [-0.1, -0.05) is 0 Å². The third-order valence-corrected chi connectivity index (χ3v) is 3.61. The van der Waals surface area contributed by atoms with E-state index in [2.05, 4.69) is 15.5 Å². The molecule has 2 aromatic carbocycles. The summed E-state index contributed by atoms with van der Waals surface area (Å²) in [6.45, 7) is 0.210. The Hall–Kier alpha value is -3.29. The van der Waals surface area contributed by atoms with Crippen LogP contribution in [0.2, 0.25) is 0 Å². The van der Waals surface area contributed by atoms with E-state index in [9.17, 15) is 13.6 Å². The Balaban J connectivity index is 1.56. The number of hydrogen-bond acceptors (Lipinski definition) is 5. The van der Waals surface area contributed by atoms with Crippen LogP contribution in [0.5, 0.6) is 5.75 Å². The van der Waals surface area contributed by atoms with Gasteiger partial charge < -0.3 is 14.5 Å². The number of hydrogen-bond donors (Lipinski definition) is 1. The number of carbonyl (C=O) groups is 1. The summed E-state index contributed by atoms with van der Waals surface area (Å²) in [5, 5.41) is 10.5. The summed E-state index contributed by atoms with van der Waals surface area (Å²) in [6.07, 6.45) is 0.304. The maximum Gasteiger partial charge on any atom is 0.251 e. The molecule has 8 heteroatoms. The molecule has 0 aliphatic heterocycles. The minimum absolute atomic E-state index is 0.0355. The van der Waals surface area contributed by atoms with E-state index in [1.807, 2.05) is 0 Å². The standard InChI is InChI=1S/C18H15F2N3O3/c1-25-13-5-2-11(3-6-13)18-23-22-16(26-18)8-9-21-17(24)12-4-7-14(19)15(20)10-12/h2-7,10H,8-9H2,1H3,(H,21,24). The molecule has 3 rings (SSSR count). The smallest absolute Gasteiger partial charge is 0.251 e. The first-order valence-electron chi connectivity index (χ1n) is 7.77. The topological polar surface area (TPSA) is 77.3 Å². The third kappa shape index (κ3) is 4.02. The van der Waals surface area contributed by atoms with Crippen LogP contribution in [0.4, 0.5) is 8.78 Å². The maximum atomic E-state index is 13.1. The lowest BCUT2D eigenvalue weighted by molar-refractivity contribution is 0.0953. The molecule has 0 aliphatic rings. The lowest BCUT2D eigenvalue weighted by Gasteiger charge is -2.04. The Morgan fingerprint density at radius 3 is 2.58 bits per heavy atom. The van der Waals surface area contributed by atoms with Gasteiger partial charge in [-0.3, -0.25) is 4.79 Å². The number of aromatic nitrogens is 2. The SMILES string of the molecule is COc1ccc(-c2nnc(CCNC(=O)c3ccc(F)c(F)c3)o2)cc1. The number of methoxy groups -OCH3 is 1. The summed E-state index contributed by atoms with van der Waals surface area (Å²) >= 11 is 0. The van der Waals surface area contributed by atoms with Crippen molar-refractivity contribution in [2.75, 3.05) is 13.7 Å². The minimum atomic E-state index is -1.07. The van der Waals surface area contributed by atoms with E-state index in [0.29, 0.717) is 24.0 Å².